The predicted octanol–water partition coefficient (Wildman–Crippen LogP) is 5.57. The first-order chi connectivity index (χ1) is 11.5. The van der Waals surface area contributed by atoms with E-state index in [0.29, 0.717) is 23.0 Å². The molecule has 0 fully saturated rings. The van der Waals surface area contributed by atoms with Gasteiger partial charge in [0, 0.05) is 0 Å². The number of carbonyl (C=O) groups is 1. The van der Waals surface area contributed by atoms with Crippen molar-refractivity contribution in [3.63, 3.8) is 0 Å². The molecule has 0 heterocycles. The largest absolute Gasteiger partial charge is 0.457 e. The summed E-state index contributed by atoms with van der Waals surface area (Å²) in [6.07, 6.45) is 4.54. The molecule has 0 radical (unpaired) electrons. The fourth-order valence-electron chi connectivity index (χ4n) is 2.87. The summed E-state index contributed by atoms with van der Waals surface area (Å²) in [4.78, 5) is 11.9. The van der Waals surface area contributed by atoms with Crippen LogP contribution >= 0.6 is 0 Å². The highest BCUT2D eigenvalue weighted by Crippen LogP contribution is 2.31. The van der Waals surface area contributed by atoms with Gasteiger partial charge in [-0.25, -0.2) is 0 Å². The minimum atomic E-state index is -0.454. The van der Waals surface area contributed by atoms with E-state index in [1.54, 1.807) is 0 Å². The van der Waals surface area contributed by atoms with Gasteiger partial charge in [0.2, 0.25) is 0 Å². The molecule has 3 heteroatoms. The zero-order valence-electron chi connectivity index (χ0n) is 14.8. The van der Waals surface area contributed by atoms with Crippen molar-refractivity contribution in [3.05, 3.63) is 59.2 Å². The van der Waals surface area contributed by atoms with Gasteiger partial charge in [0.25, 0.3) is 5.91 Å². The van der Waals surface area contributed by atoms with Crippen molar-refractivity contribution in [2.24, 2.45) is 5.73 Å². The van der Waals surface area contributed by atoms with Crippen LogP contribution in [0.2, 0.25) is 0 Å². The van der Waals surface area contributed by atoms with Crippen LogP contribution in [-0.4, -0.2) is 5.91 Å². The molecule has 2 aromatic carbocycles. The van der Waals surface area contributed by atoms with E-state index in [1.807, 2.05) is 43.3 Å². The quantitative estimate of drug-likeness (QED) is 0.689. The maximum absolute atomic E-state index is 11.9. The highest BCUT2D eigenvalue weighted by atomic mass is 16.5. The number of primary amides is 1. The Morgan fingerprint density at radius 1 is 1.12 bits per heavy atom. The summed E-state index contributed by atoms with van der Waals surface area (Å²) < 4.78 is 5.87. The Morgan fingerprint density at radius 3 is 2.42 bits per heavy atom. The molecule has 1 amide bonds. The van der Waals surface area contributed by atoms with Gasteiger partial charge in [0.15, 0.2) is 0 Å². The zero-order valence-corrected chi connectivity index (χ0v) is 14.8. The Morgan fingerprint density at radius 2 is 1.83 bits per heavy atom. The molecule has 0 spiro atoms. The SMILES string of the molecule is CCCCC(CC)c1ccc(Oc2ccc(C)cc2)c(C(N)=O)c1. The van der Waals surface area contributed by atoms with Crippen LogP contribution in [0.25, 0.3) is 0 Å². The van der Waals surface area contributed by atoms with Crippen LogP contribution in [0, 0.1) is 6.92 Å². The zero-order chi connectivity index (χ0) is 17.5. The molecule has 0 aliphatic rings. The van der Waals surface area contributed by atoms with Gasteiger partial charge >= 0.3 is 0 Å². The summed E-state index contributed by atoms with van der Waals surface area (Å²) >= 11 is 0. The number of unbranched alkanes of at least 4 members (excludes halogenated alkanes) is 1. The highest BCUT2D eigenvalue weighted by Gasteiger charge is 2.16. The molecule has 24 heavy (non-hydrogen) atoms. The predicted molar refractivity (Wildman–Crippen MR) is 98.8 cm³/mol. The fourth-order valence-corrected chi connectivity index (χ4v) is 2.87. The molecule has 0 saturated carbocycles. The Labute approximate surface area is 144 Å². The molecular weight excluding hydrogens is 298 g/mol. The Balaban J connectivity index is 2.29. The lowest BCUT2D eigenvalue weighted by Crippen LogP contribution is -2.13. The Bertz CT molecular complexity index is 677. The lowest BCUT2D eigenvalue weighted by molar-refractivity contribution is 0.0998. The molecule has 2 rings (SSSR count). The first-order valence-electron chi connectivity index (χ1n) is 8.73. The van der Waals surface area contributed by atoms with Crippen molar-refractivity contribution < 1.29 is 9.53 Å². The molecule has 1 unspecified atom stereocenters. The standard InChI is InChI=1S/C21H27NO2/c1-4-6-7-16(5-2)17-10-13-20(19(14-17)21(22)23)24-18-11-8-15(3)9-12-18/h8-14,16H,4-7H2,1-3H3,(H2,22,23). The highest BCUT2D eigenvalue weighted by molar-refractivity contribution is 5.96. The van der Waals surface area contributed by atoms with Crippen LogP contribution in [0.3, 0.4) is 0 Å². The van der Waals surface area contributed by atoms with Gasteiger partial charge in [-0.2, -0.15) is 0 Å². The van der Waals surface area contributed by atoms with Crippen molar-refractivity contribution in [1.82, 2.24) is 0 Å². The molecule has 0 aromatic heterocycles. The summed E-state index contributed by atoms with van der Waals surface area (Å²) in [5.74, 6) is 1.22. The van der Waals surface area contributed by atoms with Gasteiger partial charge in [-0.05, 0) is 55.5 Å². The third kappa shape index (κ3) is 4.60. The van der Waals surface area contributed by atoms with E-state index in [2.05, 4.69) is 19.9 Å². The average Bonchev–Trinajstić information content (AvgIpc) is 2.58. The molecule has 3 nitrogen and oxygen atoms in total. The number of carbonyl (C=O) groups excluding carboxylic acids is 1. The molecule has 0 aliphatic carbocycles. The number of aryl methyl sites for hydroxylation is 1. The normalized spacial score (nSPS) is 12.0. The van der Waals surface area contributed by atoms with E-state index in [1.165, 1.54) is 12.8 Å². The fraction of sp³-hybridized carbons (Fsp3) is 0.381. The lowest BCUT2D eigenvalue weighted by Gasteiger charge is -2.17. The first kappa shape index (κ1) is 18.1. The third-order valence-corrected chi connectivity index (χ3v) is 4.39. The maximum atomic E-state index is 11.9. The lowest BCUT2D eigenvalue weighted by atomic mass is 9.90. The van der Waals surface area contributed by atoms with Crippen molar-refractivity contribution in [3.8, 4) is 11.5 Å². The smallest absolute Gasteiger partial charge is 0.252 e. The maximum Gasteiger partial charge on any atom is 0.252 e. The van der Waals surface area contributed by atoms with E-state index in [-0.39, 0.29) is 0 Å². The van der Waals surface area contributed by atoms with Gasteiger partial charge in [0.1, 0.15) is 11.5 Å². The van der Waals surface area contributed by atoms with Crippen molar-refractivity contribution >= 4 is 5.91 Å². The van der Waals surface area contributed by atoms with Gasteiger partial charge in [0.05, 0.1) is 5.56 Å². The number of nitrogens with two attached hydrogens (primary N) is 1. The summed E-state index contributed by atoms with van der Waals surface area (Å²) in [7, 11) is 0. The molecule has 2 N–H and O–H groups in total. The van der Waals surface area contributed by atoms with Crippen LogP contribution in [0.5, 0.6) is 11.5 Å². The molecule has 1 atom stereocenters. The van der Waals surface area contributed by atoms with E-state index in [0.717, 1.165) is 24.0 Å². The van der Waals surface area contributed by atoms with E-state index < -0.39 is 5.91 Å². The number of rotatable bonds is 8. The van der Waals surface area contributed by atoms with Crippen molar-refractivity contribution in [2.75, 3.05) is 0 Å². The summed E-state index contributed by atoms with van der Waals surface area (Å²) in [6, 6.07) is 13.6. The third-order valence-electron chi connectivity index (χ3n) is 4.39. The van der Waals surface area contributed by atoms with Gasteiger partial charge in [-0.3, -0.25) is 4.79 Å². The molecule has 0 saturated heterocycles. The van der Waals surface area contributed by atoms with Crippen LogP contribution in [0.4, 0.5) is 0 Å². The van der Waals surface area contributed by atoms with Gasteiger partial charge < -0.3 is 10.5 Å². The molecule has 2 aromatic rings. The monoisotopic (exact) mass is 325 g/mol. The van der Waals surface area contributed by atoms with E-state index >= 15 is 0 Å². The first-order valence-corrected chi connectivity index (χ1v) is 8.73. The van der Waals surface area contributed by atoms with E-state index in [9.17, 15) is 4.79 Å². The van der Waals surface area contributed by atoms with Crippen molar-refractivity contribution in [1.29, 1.82) is 0 Å². The van der Waals surface area contributed by atoms with Crippen molar-refractivity contribution in [2.45, 2.75) is 52.4 Å². The van der Waals surface area contributed by atoms with Gasteiger partial charge in [-0.1, -0.05) is 50.5 Å². The van der Waals surface area contributed by atoms with Crippen LogP contribution in [0.15, 0.2) is 42.5 Å². The number of benzene rings is 2. The second-order valence-electron chi connectivity index (χ2n) is 6.28. The average molecular weight is 325 g/mol. The number of hydrogen-bond acceptors (Lipinski definition) is 2. The summed E-state index contributed by atoms with van der Waals surface area (Å²) in [5, 5.41) is 0. The Hall–Kier alpha value is -2.29. The molecule has 0 bridgehead atoms. The van der Waals surface area contributed by atoms with Crippen LogP contribution in [0.1, 0.15) is 66.9 Å². The van der Waals surface area contributed by atoms with Crippen LogP contribution in [-0.2, 0) is 0 Å². The molecular formula is C21H27NO2. The van der Waals surface area contributed by atoms with Crippen LogP contribution < -0.4 is 10.5 Å². The van der Waals surface area contributed by atoms with Gasteiger partial charge in [-0.15, -0.1) is 0 Å². The number of amides is 1. The Kier molecular flexibility index (Phi) is 6.42. The molecule has 128 valence electrons. The topological polar surface area (TPSA) is 52.3 Å². The second kappa shape index (κ2) is 8.53. The summed E-state index contributed by atoms with van der Waals surface area (Å²) in [5.41, 5.74) is 8.36. The second-order valence-corrected chi connectivity index (χ2v) is 6.28. The molecule has 0 aliphatic heterocycles. The number of ether oxygens (including phenoxy) is 1. The minimum Gasteiger partial charge on any atom is -0.457 e. The summed E-state index contributed by atoms with van der Waals surface area (Å²) in [6.45, 7) is 6.40. The number of hydrogen-bond donors (Lipinski definition) is 1. The van der Waals surface area contributed by atoms with E-state index in [4.69, 9.17) is 10.5 Å². The minimum absolute atomic E-state index is 0.447.